The lowest BCUT2D eigenvalue weighted by Crippen LogP contribution is -2.55. The lowest BCUT2D eigenvalue weighted by molar-refractivity contribution is -0.142. The molecule has 180 valence electrons. The van der Waals surface area contributed by atoms with Gasteiger partial charge in [0, 0.05) is 19.1 Å². The molecule has 2 aromatic carbocycles. The van der Waals surface area contributed by atoms with E-state index in [1.165, 1.54) is 7.11 Å². The van der Waals surface area contributed by atoms with Gasteiger partial charge in [-0.25, -0.2) is 4.79 Å². The van der Waals surface area contributed by atoms with Gasteiger partial charge in [-0.15, -0.1) is 0 Å². The number of alkyl carbamates (subject to hydrolysis) is 1. The van der Waals surface area contributed by atoms with Gasteiger partial charge in [-0.1, -0.05) is 55.0 Å². The lowest BCUT2D eigenvalue weighted by atomic mass is 9.98. The van der Waals surface area contributed by atoms with Gasteiger partial charge in [0.15, 0.2) is 0 Å². The molecule has 2 aliphatic carbocycles. The van der Waals surface area contributed by atoms with E-state index >= 15 is 0 Å². The number of benzene rings is 2. The van der Waals surface area contributed by atoms with E-state index in [9.17, 15) is 19.5 Å². The predicted molar refractivity (Wildman–Crippen MR) is 125 cm³/mol. The van der Waals surface area contributed by atoms with Crippen LogP contribution in [0.3, 0.4) is 0 Å². The average molecular weight is 467 g/mol. The van der Waals surface area contributed by atoms with Crippen molar-refractivity contribution in [3.63, 3.8) is 0 Å². The Labute approximate surface area is 198 Å². The van der Waals surface area contributed by atoms with E-state index in [-0.39, 0.29) is 12.5 Å². The number of nitrogens with one attached hydrogen (secondary N) is 2. The van der Waals surface area contributed by atoms with Gasteiger partial charge in [-0.2, -0.15) is 0 Å². The summed E-state index contributed by atoms with van der Waals surface area (Å²) in [4.78, 5) is 37.1. The minimum Gasteiger partial charge on any atom is -0.481 e. The van der Waals surface area contributed by atoms with Crippen LogP contribution in [-0.2, 0) is 19.1 Å². The molecule has 3 N–H and O–H groups in total. The number of methoxy groups -OCH3 is 1. The number of carboxylic acid groups (broad SMARTS) is 1. The number of carbonyl (C=O) groups is 3. The molecule has 8 nitrogen and oxygen atoms in total. The SMILES string of the molecule is CO[C@H](C)[C@H](NC(=O)OCC1c2ccccc2-c2ccccc21)C(=O)N[C@@H]1CCC[C@@H]1C(=O)O. The van der Waals surface area contributed by atoms with E-state index in [0.29, 0.717) is 12.8 Å². The first-order chi connectivity index (χ1) is 16.4. The lowest BCUT2D eigenvalue weighted by Gasteiger charge is -2.26. The zero-order chi connectivity index (χ0) is 24.2. The molecule has 0 unspecified atom stereocenters. The van der Waals surface area contributed by atoms with E-state index in [1.54, 1.807) is 6.92 Å². The molecule has 1 saturated carbocycles. The van der Waals surface area contributed by atoms with Crippen LogP contribution in [0.4, 0.5) is 4.79 Å². The highest BCUT2D eigenvalue weighted by atomic mass is 16.5. The minimum atomic E-state index is -1.02. The monoisotopic (exact) mass is 466 g/mol. The molecule has 4 atom stereocenters. The number of carbonyl (C=O) groups excluding carboxylic acids is 2. The van der Waals surface area contributed by atoms with Crippen LogP contribution in [0.2, 0.25) is 0 Å². The maximum Gasteiger partial charge on any atom is 0.407 e. The summed E-state index contributed by atoms with van der Waals surface area (Å²) in [5.41, 5.74) is 4.44. The molecule has 0 bridgehead atoms. The number of aliphatic carboxylic acids is 1. The molecular formula is C26H30N2O6. The second-order valence-electron chi connectivity index (χ2n) is 8.88. The summed E-state index contributed by atoms with van der Waals surface area (Å²) in [6, 6.07) is 14.6. The molecule has 0 heterocycles. The quantitative estimate of drug-likeness (QED) is 0.550. The molecule has 0 radical (unpaired) electrons. The third kappa shape index (κ3) is 4.77. The Balaban J connectivity index is 1.41. The fourth-order valence-electron chi connectivity index (χ4n) is 5.00. The first-order valence-electron chi connectivity index (χ1n) is 11.6. The maximum atomic E-state index is 12.9. The Morgan fingerprint density at radius 1 is 1.03 bits per heavy atom. The molecule has 0 saturated heterocycles. The van der Waals surface area contributed by atoms with Crippen LogP contribution in [0.1, 0.15) is 43.2 Å². The van der Waals surface area contributed by atoms with E-state index < -0.39 is 42.1 Å². The molecule has 0 spiro atoms. The van der Waals surface area contributed by atoms with Gasteiger partial charge >= 0.3 is 12.1 Å². The van der Waals surface area contributed by atoms with Gasteiger partial charge in [-0.3, -0.25) is 9.59 Å². The molecule has 1 fully saturated rings. The molecule has 2 aliphatic rings. The summed E-state index contributed by atoms with van der Waals surface area (Å²) >= 11 is 0. The van der Waals surface area contributed by atoms with Crippen molar-refractivity contribution in [1.29, 1.82) is 0 Å². The molecule has 0 aromatic heterocycles. The van der Waals surface area contributed by atoms with Gasteiger partial charge in [0.2, 0.25) is 5.91 Å². The summed E-state index contributed by atoms with van der Waals surface area (Å²) in [5, 5.41) is 14.8. The largest absolute Gasteiger partial charge is 0.481 e. The number of hydrogen-bond acceptors (Lipinski definition) is 5. The number of amides is 2. The minimum absolute atomic E-state index is 0.0971. The fourth-order valence-corrected chi connectivity index (χ4v) is 5.00. The molecule has 8 heteroatoms. The smallest absolute Gasteiger partial charge is 0.407 e. The van der Waals surface area contributed by atoms with E-state index in [1.807, 2.05) is 36.4 Å². The Morgan fingerprint density at radius 2 is 1.65 bits per heavy atom. The van der Waals surface area contributed by atoms with Crippen molar-refractivity contribution in [1.82, 2.24) is 10.6 Å². The van der Waals surface area contributed by atoms with Crippen molar-refractivity contribution in [2.45, 2.75) is 50.3 Å². The highest BCUT2D eigenvalue weighted by Crippen LogP contribution is 2.44. The predicted octanol–water partition coefficient (Wildman–Crippen LogP) is 3.30. The van der Waals surface area contributed by atoms with Crippen LogP contribution in [0.25, 0.3) is 11.1 Å². The average Bonchev–Trinajstić information content (AvgIpc) is 3.43. The standard InChI is InChI=1S/C26H30N2O6/c1-15(33-2)23(24(29)27-22-13-7-12-20(22)25(30)31)28-26(32)34-14-21-18-10-5-3-8-16(18)17-9-4-6-11-19(17)21/h3-6,8-11,15,20-23H,7,12-14H2,1-2H3,(H,27,29)(H,28,32)(H,30,31)/t15-,20+,22-,23+/m1/s1. The fraction of sp³-hybridized carbons (Fsp3) is 0.423. The van der Waals surface area contributed by atoms with Crippen LogP contribution in [-0.4, -0.2) is 55.0 Å². The second-order valence-corrected chi connectivity index (χ2v) is 8.88. The van der Waals surface area contributed by atoms with Gasteiger partial charge in [0.25, 0.3) is 0 Å². The van der Waals surface area contributed by atoms with E-state index in [4.69, 9.17) is 9.47 Å². The molecule has 2 amide bonds. The van der Waals surface area contributed by atoms with Gasteiger partial charge in [0.05, 0.1) is 12.0 Å². The topological polar surface area (TPSA) is 114 Å². The zero-order valence-corrected chi connectivity index (χ0v) is 19.3. The van der Waals surface area contributed by atoms with Crippen LogP contribution in [0.5, 0.6) is 0 Å². The number of carboxylic acids is 1. The normalized spacial score (nSPS) is 20.6. The number of fused-ring (bicyclic) bond motifs is 3. The maximum absolute atomic E-state index is 12.9. The molecule has 2 aromatic rings. The van der Waals surface area contributed by atoms with Crippen molar-refractivity contribution >= 4 is 18.0 Å². The highest BCUT2D eigenvalue weighted by Gasteiger charge is 2.37. The number of rotatable bonds is 8. The van der Waals surface area contributed by atoms with Gasteiger partial charge < -0.3 is 25.2 Å². The first-order valence-corrected chi connectivity index (χ1v) is 11.6. The zero-order valence-electron chi connectivity index (χ0n) is 19.3. The highest BCUT2D eigenvalue weighted by molar-refractivity contribution is 5.87. The summed E-state index contributed by atoms with van der Waals surface area (Å²) < 4.78 is 10.9. The Kier molecular flexibility index (Phi) is 7.17. The summed E-state index contributed by atoms with van der Waals surface area (Å²) in [5.74, 6) is -2.14. The second kappa shape index (κ2) is 10.3. The van der Waals surface area contributed by atoms with E-state index in [2.05, 4.69) is 22.8 Å². The Bertz CT molecular complexity index is 1030. The number of hydrogen-bond donors (Lipinski definition) is 3. The molecular weight excluding hydrogens is 436 g/mol. The Hall–Kier alpha value is -3.39. The Morgan fingerprint density at radius 3 is 2.24 bits per heavy atom. The van der Waals surface area contributed by atoms with E-state index in [0.717, 1.165) is 28.7 Å². The van der Waals surface area contributed by atoms with Crippen LogP contribution >= 0.6 is 0 Å². The number of ether oxygens (including phenoxy) is 2. The van der Waals surface area contributed by atoms with Crippen molar-refractivity contribution in [2.24, 2.45) is 5.92 Å². The summed E-state index contributed by atoms with van der Waals surface area (Å²) in [7, 11) is 1.44. The third-order valence-electron chi connectivity index (χ3n) is 6.90. The van der Waals surface area contributed by atoms with Gasteiger partial charge in [-0.05, 0) is 42.0 Å². The first kappa shape index (κ1) is 23.8. The van der Waals surface area contributed by atoms with Crippen molar-refractivity contribution in [3.8, 4) is 11.1 Å². The third-order valence-corrected chi connectivity index (χ3v) is 6.90. The summed E-state index contributed by atoms with van der Waals surface area (Å²) in [6.45, 7) is 1.79. The van der Waals surface area contributed by atoms with Crippen LogP contribution in [0, 0.1) is 5.92 Å². The van der Waals surface area contributed by atoms with Crippen LogP contribution in [0.15, 0.2) is 48.5 Å². The summed E-state index contributed by atoms with van der Waals surface area (Å²) in [6.07, 6.45) is 0.468. The molecule has 4 rings (SSSR count). The van der Waals surface area contributed by atoms with Crippen molar-refractivity contribution in [3.05, 3.63) is 59.7 Å². The van der Waals surface area contributed by atoms with Crippen molar-refractivity contribution in [2.75, 3.05) is 13.7 Å². The molecule has 0 aliphatic heterocycles. The van der Waals surface area contributed by atoms with Gasteiger partial charge in [0.1, 0.15) is 12.6 Å². The van der Waals surface area contributed by atoms with Crippen LogP contribution < -0.4 is 10.6 Å². The van der Waals surface area contributed by atoms with Crippen molar-refractivity contribution < 1.29 is 29.0 Å². The molecule has 34 heavy (non-hydrogen) atoms.